The van der Waals surface area contributed by atoms with E-state index in [2.05, 4.69) is 11.9 Å². The first-order valence-corrected chi connectivity index (χ1v) is 7.56. The lowest BCUT2D eigenvalue weighted by Gasteiger charge is -2.19. The number of ether oxygens (including phenoxy) is 1. The average molecular weight is 288 g/mol. The van der Waals surface area contributed by atoms with Crippen molar-refractivity contribution < 1.29 is 9.53 Å². The maximum Gasteiger partial charge on any atom is 0.260 e. The molecule has 1 amide bonds. The van der Waals surface area contributed by atoms with E-state index in [-0.39, 0.29) is 5.91 Å². The molecule has 1 aliphatic carbocycles. The summed E-state index contributed by atoms with van der Waals surface area (Å²) in [4.78, 5) is 12.2. The van der Waals surface area contributed by atoms with Gasteiger partial charge in [0.1, 0.15) is 5.75 Å². The third-order valence-corrected chi connectivity index (χ3v) is 3.82. The summed E-state index contributed by atoms with van der Waals surface area (Å²) >= 11 is 0. The summed E-state index contributed by atoms with van der Waals surface area (Å²) in [7, 11) is 0. The van der Waals surface area contributed by atoms with Crippen molar-refractivity contribution in [3.05, 3.63) is 36.4 Å². The Morgan fingerprint density at radius 1 is 1.52 bits per heavy atom. The first-order valence-electron chi connectivity index (χ1n) is 7.56. The van der Waals surface area contributed by atoms with Crippen LogP contribution < -0.4 is 15.8 Å². The van der Waals surface area contributed by atoms with Crippen LogP contribution >= 0.6 is 0 Å². The summed E-state index contributed by atoms with van der Waals surface area (Å²) in [5, 5.41) is 3.05. The third-order valence-electron chi connectivity index (χ3n) is 3.82. The second-order valence-electron chi connectivity index (χ2n) is 5.61. The van der Waals surface area contributed by atoms with Crippen molar-refractivity contribution in [3.63, 3.8) is 0 Å². The van der Waals surface area contributed by atoms with E-state index in [1.54, 1.807) is 19.1 Å². The maximum absolute atomic E-state index is 12.2. The van der Waals surface area contributed by atoms with Crippen LogP contribution in [0, 0.1) is 0 Å². The number of anilines is 1. The van der Waals surface area contributed by atoms with Gasteiger partial charge >= 0.3 is 0 Å². The molecule has 3 N–H and O–H groups in total. The molecule has 1 aromatic rings. The number of allylic oxidation sites excluding steroid dienone is 1. The molecular formula is C17H24N2O2. The van der Waals surface area contributed by atoms with Crippen molar-refractivity contribution in [2.45, 2.75) is 51.2 Å². The molecule has 0 spiro atoms. The number of nitrogen functional groups attached to an aromatic ring is 1. The van der Waals surface area contributed by atoms with Gasteiger partial charge in [-0.3, -0.25) is 4.79 Å². The molecule has 1 saturated carbocycles. The molecule has 0 aliphatic heterocycles. The molecule has 0 aromatic heterocycles. The summed E-state index contributed by atoms with van der Waals surface area (Å²) in [6.45, 7) is 5.51. The van der Waals surface area contributed by atoms with Crippen LogP contribution in [0.15, 0.2) is 30.9 Å². The first-order chi connectivity index (χ1) is 10.1. The highest BCUT2D eigenvalue weighted by atomic mass is 16.5. The Morgan fingerprint density at radius 2 is 2.24 bits per heavy atom. The van der Waals surface area contributed by atoms with E-state index in [0.29, 0.717) is 23.9 Å². The minimum Gasteiger partial charge on any atom is -0.481 e. The number of amides is 1. The fraction of sp³-hybridized carbons (Fsp3) is 0.471. The molecule has 1 unspecified atom stereocenters. The number of benzene rings is 1. The van der Waals surface area contributed by atoms with Gasteiger partial charge in [-0.1, -0.05) is 18.9 Å². The number of hydrogen-bond donors (Lipinski definition) is 2. The van der Waals surface area contributed by atoms with Crippen LogP contribution in [0.1, 0.15) is 38.2 Å². The van der Waals surface area contributed by atoms with E-state index >= 15 is 0 Å². The van der Waals surface area contributed by atoms with E-state index in [0.717, 1.165) is 18.4 Å². The molecule has 0 bridgehead atoms. The van der Waals surface area contributed by atoms with E-state index in [1.807, 2.05) is 12.1 Å². The van der Waals surface area contributed by atoms with Crippen LogP contribution in [-0.2, 0) is 11.2 Å². The topological polar surface area (TPSA) is 64.3 Å². The van der Waals surface area contributed by atoms with Crippen molar-refractivity contribution in [1.29, 1.82) is 0 Å². The van der Waals surface area contributed by atoms with Gasteiger partial charge in [0.25, 0.3) is 5.91 Å². The van der Waals surface area contributed by atoms with Crippen LogP contribution in [0.5, 0.6) is 5.75 Å². The van der Waals surface area contributed by atoms with Gasteiger partial charge in [0.15, 0.2) is 6.10 Å². The van der Waals surface area contributed by atoms with Crippen molar-refractivity contribution >= 4 is 11.6 Å². The fourth-order valence-corrected chi connectivity index (χ4v) is 2.66. The van der Waals surface area contributed by atoms with E-state index in [1.165, 1.54) is 12.8 Å². The van der Waals surface area contributed by atoms with Crippen molar-refractivity contribution in [1.82, 2.24) is 5.32 Å². The van der Waals surface area contributed by atoms with E-state index in [9.17, 15) is 4.79 Å². The zero-order valence-corrected chi connectivity index (χ0v) is 12.6. The lowest BCUT2D eigenvalue weighted by Crippen LogP contribution is -2.41. The van der Waals surface area contributed by atoms with E-state index in [4.69, 9.17) is 10.5 Å². The molecule has 4 nitrogen and oxygen atoms in total. The number of hydrogen-bond acceptors (Lipinski definition) is 3. The summed E-state index contributed by atoms with van der Waals surface area (Å²) in [5.74, 6) is 0.640. The van der Waals surface area contributed by atoms with Gasteiger partial charge in [-0.2, -0.15) is 0 Å². The highest BCUT2D eigenvalue weighted by molar-refractivity contribution is 5.81. The molecule has 2 rings (SSSR count). The van der Waals surface area contributed by atoms with Crippen LogP contribution in [-0.4, -0.2) is 18.1 Å². The smallest absolute Gasteiger partial charge is 0.260 e. The summed E-state index contributed by atoms with van der Waals surface area (Å²) in [6, 6.07) is 5.76. The minimum atomic E-state index is -0.516. The van der Waals surface area contributed by atoms with Crippen LogP contribution in [0.25, 0.3) is 0 Å². The third kappa shape index (κ3) is 4.25. The second kappa shape index (κ2) is 7.16. The van der Waals surface area contributed by atoms with Crippen molar-refractivity contribution in [2.24, 2.45) is 0 Å². The predicted octanol–water partition coefficient (Wildman–Crippen LogP) is 2.82. The molecule has 114 valence electrons. The van der Waals surface area contributed by atoms with Crippen LogP contribution in [0.3, 0.4) is 0 Å². The Morgan fingerprint density at radius 3 is 2.90 bits per heavy atom. The van der Waals surface area contributed by atoms with Crippen LogP contribution in [0.4, 0.5) is 5.69 Å². The SMILES string of the molecule is C=CCc1cc(N)ccc1OC(C)C(=O)NC1CCCC1. The van der Waals surface area contributed by atoms with Gasteiger partial charge in [-0.25, -0.2) is 0 Å². The Labute approximate surface area is 126 Å². The lowest BCUT2D eigenvalue weighted by atomic mass is 10.1. The molecule has 0 saturated heterocycles. The van der Waals surface area contributed by atoms with E-state index < -0.39 is 6.10 Å². The minimum absolute atomic E-state index is 0.0525. The Hall–Kier alpha value is -1.97. The standard InChI is InChI=1S/C17H24N2O2/c1-3-6-13-11-14(18)9-10-16(13)21-12(2)17(20)19-15-7-4-5-8-15/h3,9-12,15H,1,4-8,18H2,2H3,(H,19,20). The van der Waals surface area contributed by atoms with Crippen molar-refractivity contribution in [3.8, 4) is 5.75 Å². The molecule has 1 atom stereocenters. The Bertz CT molecular complexity index is 508. The van der Waals surface area contributed by atoms with Gasteiger partial charge < -0.3 is 15.8 Å². The zero-order valence-electron chi connectivity index (χ0n) is 12.6. The molecule has 21 heavy (non-hydrogen) atoms. The van der Waals surface area contributed by atoms with Gasteiger partial charge in [0, 0.05) is 11.7 Å². The summed E-state index contributed by atoms with van der Waals surface area (Å²) in [5.41, 5.74) is 7.42. The second-order valence-corrected chi connectivity index (χ2v) is 5.61. The highest BCUT2D eigenvalue weighted by Gasteiger charge is 2.22. The number of carbonyl (C=O) groups excluding carboxylic acids is 1. The molecular weight excluding hydrogens is 264 g/mol. The summed E-state index contributed by atoms with van der Waals surface area (Å²) < 4.78 is 5.81. The molecule has 1 fully saturated rings. The molecule has 0 heterocycles. The van der Waals surface area contributed by atoms with Gasteiger partial charge in [-0.05, 0) is 49.9 Å². The summed E-state index contributed by atoms with van der Waals surface area (Å²) in [6.07, 6.45) is 6.48. The molecule has 1 aliphatic rings. The lowest BCUT2D eigenvalue weighted by molar-refractivity contribution is -0.127. The molecule has 0 radical (unpaired) electrons. The number of nitrogens with one attached hydrogen (secondary N) is 1. The van der Waals surface area contributed by atoms with Gasteiger partial charge in [-0.15, -0.1) is 6.58 Å². The normalized spacial score (nSPS) is 16.4. The Balaban J connectivity index is 1.99. The van der Waals surface area contributed by atoms with Gasteiger partial charge in [0.2, 0.25) is 0 Å². The average Bonchev–Trinajstić information content (AvgIpc) is 2.95. The quantitative estimate of drug-likeness (QED) is 0.625. The molecule has 1 aromatic carbocycles. The predicted molar refractivity (Wildman–Crippen MR) is 85.2 cm³/mol. The number of carbonyl (C=O) groups is 1. The fourth-order valence-electron chi connectivity index (χ4n) is 2.66. The molecule has 4 heteroatoms. The zero-order chi connectivity index (χ0) is 15.2. The highest BCUT2D eigenvalue weighted by Crippen LogP contribution is 2.24. The van der Waals surface area contributed by atoms with Crippen LogP contribution in [0.2, 0.25) is 0 Å². The number of nitrogens with two attached hydrogens (primary N) is 1. The van der Waals surface area contributed by atoms with Gasteiger partial charge in [0.05, 0.1) is 0 Å². The Kier molecular flexibility index (Phi) is 5.26. The van der Waals surface area contributed by atoms with Crippen molar-refractivity contribution in [2.75, 3.05) is 5.73 Å². The number of rotatable bonds is 6. The largest absolute Gasteiger partial charge is 0.481 e. The monoisotopic (exact) mass is 288 g/mol. The maximum atomic E-state index is 12.2. The first kappa shape index (κ1) is 15.4.